The second kappa shape index (κ2) is 11.8. The van der Waals surface area contributed by atoms with Crippen molar-refractivity contribution in [3.05, 3.63) is 95.6 Å². The molecule has 1 unspecified atom stereocenters. The predicted octanol–water partition coefficient (Wildman–Crippen LogP) is 4.80. The van der Waals surface area contributed by atoms with Gasteiger partial charge in [-0.3, -0.25) is 20.3 Å². The molecule has 8 heteroatoms. The molecule has 1 saturated carbocycles. The number of benzodiazepines with no additional fused rings is 1. The van der Waals surface area contributed by atoms with Crippen LogP contribution in [0.15, 0.2) is 78.0 Å². The van der Waals surface area contributed by atoms with E-state index in [0.717, 1.165) is 31.2 Å². The average molecular weight is 543 g/mol. The Bertz CT molecular complexity index is 1410. The number of para-hydroxylation sites is 1. The number of aromatic nitrogens is 1. The number of ketones is 1. The summed E-state index contributed by atoms with van der Waals surface area (Å²) in [4.78, 5) is 39.1. The van der Waals surface area contributed by atoms with Crippen LogP contribution in [0.3, 0.4) is 0 Å². The van der Waals surface area contributed by atoms with Gasteiger partial charge in [-0.2, -0.15) is 0 Å². The molecular formula is C32H35FN4O3. The van der Waals surface area contributed by atoms with Crippen LogP contribution < -0.4 is 10.6 Å². The lowest BCUT2D eigenvalue weighted by atomic mass is 9.82. The fourth-order valence-corrected chi connectivity index (χ4v) is 5.41. The number of rotatable bonds is 11. The first-order valence-corrected chi connectivity index (χ1v) is 14.0. The first kappa shape index (κ1) is 27.8. The topological polar surface area (TPSA) is 109 Å². The number of Topliss-reactive ketones (excluding diaryl/α,β-unsaturated/α-hetero) is 1. The van der Waals surface area contributed by atoms with Crippen LogP contribution in [0.4, 0.5) is 10.1 Å². The van der Waals surface area contributed by atoms with Crippen LogP contribution in [0.1, 0.15) is 62.1 Å². The number of aliphatic hydroxyl groups is 1. The van der Waals surface area contributed by atoms with Crippen molar-refractivity contribution in [2.75, 3.05) is 4.90 Å². The van der Waals surface area contributed by atoms with Gasteiger partial charge in [0.05, 0.1) is 24.0 Å². The van der Waals surface area contributed by atoms with E-state index in [1.165, 1.54) is 11.0 Å². The molecule has 1 fully saturated rings. The van der Waals surface area contributed by atoms with Gasteiger partial charge in [-0.1, -0.05) is 69.0 Å². The molecule has 40 heavy (non-hydrogen) atoms. The number of aliphatic hydroxyl groups excluding tert-OH is 1. The molecule has 1 aromatic heterocycles. The molecule has 5 rings (SSSR count). The van der Waals surface area contributed by atoms with Gasteiger partial charge in [0.25, 0.3) is 5.91 Å². The number of nitrogens with zero attached hydrogens (tertiary/aromatic N) is 3. The molecule has 2 aromatic carbocycles. The van der Waals surface area contributed by atoms with Crippen molar-refractivity contribution < 1.29 is 19.1 Å². The number of fused-ring (bicyclic) bond motifs is 1. The van der Waals surface area contributed by atoms with Gasteiger partial charge < -0.3 is 10.0 Å². The van der Waals surface area contributed by atoms with E-state index in [9.17, 15) is 14.7 Å². The lowest BCUT2D eigenvalue weighted by Crippen LogP contribution is -2.62. The number of hydrogen-bond acceptors (Lipinski definition) is 6. The number of benzene rings is 2. The van der Waals surface area contributed by atoms with E-state index in [4.69, 9.17) is 5.73 Å². The second-order valence-electron chi connectivity index (χ2n) is 10.8. The Balaban J connectivity index is 1.68. The van der Waals surface area contributed by atoms with Crippen LogP contribution >= 0.6 is 0 Å². The molecule has 1 aliphatic carbocycles. The zero-order valence-electron chi connectivity index (χ0n) is 22.7. The normalized spacial score (nSPS) is 20.4. The number of unbranched alkanes of at least 4 members (excludes halogenated alkanes) is 1. The Morgan fingerprint density at radius 2 is 1.85 bits per heavy atom. The maximum Gasteiger partial charge on any atom is 0.277 e. The molecule has 0 spiro atoms. The van der Waals surface area contributed by atoms with Crippen LogP contribution in [-0.2, 0) is 16.1 Å². The molecule has 2 aliphatic rings. The number of aliphatic imine (C=N–C) groups is 1. The Kier molecular flexibility index (Phi) is 8.19. The van der Waals surface area contributed by atoms with Crippen molar-refractivity contribution >= 4 is 23.1 Å². The zero-order chi connectivity index (χ0) is 28.3. The Morgan fingerprint density at radius 3 is 2.52 bits per heavy atom. The Labute approximate surface area is 234 Å². The fourth-order valence-electron chi connectivity index (χ4n) is 5.41. The number of nitrogens with two attached hydrogens (primary N) is 1. The molecule has 3 atom stereocenters. The average Bonchev–Trinajstić information content (AvgIpc) is 3.81. The maximum absolute atomic E-state index is 15.2. The summed E-state index contributed by atoms with van der Waals surface area (Å²) < 4.78 is 15.2. The highest BCUT2D eigenvalue weighted by molar-refractivity contribution is 6.26. The monoisotopic (exact) mass is 542 g/mol. The minimum absolute atomic E-state index is 0.0850. The van der Waals surface area contributed by atoms with E-state index >= 15 is 4.39 Å². The molecule has 3 N–H and O–H groups in total. The highest BCUT2D eigenvalue weighted by Gasteiger charge is 2.52. The Morgan fingerprint density at radius 1 is 1.12 bits per heavy atom. The maximum atomic E-state index is 15.2. The fraction of sp³-hybridized carbons (Fsp3) is 0.375. The summed E-state index contributed by atoms with van der Waals surface area (Å²) in [5.41, 5.74) is 6.40. The molecular weight excluding hydrogens is 507 g/mol. The van der Waals surface area contributed by atoms with Gasteiger partial charge in [-0.15, -0.1) is 0 Å². The molecule has 0 bridgehead atoms. The van der Waals surface area contributed by atoms with Gasteiger partial charge in [0.15, 0.2) is 5.78 Å². The van der Waals surface area contributed by atoms with Gasteiger partial charge in [0.1, 0.15) is 5.82 Å². The standard InChI is InChI=1S/C32H35FN4O3/c1-2-3-14-28(38)25(18-21-15-16-21)30(39)32(34)31(40)37(20-22-9-8-17-35-19-22)27-13-7-5-11-24(27)29(36-32)23-10-4-6-12-26(23)33/h4-13,17,19,21,25,28,38H,2-3,14-16,18,20,34H2,1H3/t25-,28+,32?/m1/s1. The van der Waals surface area contributed by atoms with E-state index in [1.54, 1.807) is 60.9 Å². The van der Waals surface area contributed by atoms with Crippen molar-refractivity contribution in [1.29, 1.82) is 0 Å². The highest BCUT2D eigenvalue weighted by atomic mass is 19.1. The number of amides is 1. The highest BCUT2D eigenvalue weighted by Crippen LogP contribution is 2.40. The Hall–Kier alpha value is -3.75. The van der Waals surface area contributed by atoms with Crippen LogP contribution in [0.2, 0.25) is 0 Å². The first-order valence-electron chi connectivity index (χ1n) is 14.0. The lowest BCUT2D eigenvalue weighted by Gasteiger charge is -2.33. The summed E-state index contributed by atoms with van der Waals surface area (Å²) in [6.07, 6.45) is 6.73. The number of pyridine rings is 1. The van der Waals surface area contributed by atoms with E-state index in [2.05, 4.69) is 9.98 Å². The molecule has 3 aromatic rings. The van der Waals surface area contributed by atoms with Crippen LogP contribution in [0.25, 0.3) is 0 Å². The third-order valence-electron chi connectivity index (χ3n) is 7.82. The van der Waals surface area contributed by atoms with Crippen LogP contribution in [0, 0.1) is 17.7 Å². The van der Waals surface area contributed by atoms with Crippen molar-refractivity contribution in [1.82, 2.24) is 4.98 Å². The molecule has 1 amide bonds. The minimum Gasteiger partial charge on any atom is -0.392 e. The summed E-state index contributed by atoms with van der Waals surface area (Å²) in [7, 11) is 0. The van der Waals surface area contributed by atoms with Crippen molar-refractivity contribution in [3.8, 4) is 0 Å². The summed E-state index contributed by atoms with van der Waals surface area (Å²) in [6, 6.07) is 16.8. The number of hydrogen-bond donors (Lipinski definition) is 2. The lowest BCUT2D eigenvalue weighted by molar-refractivity contribution is -0.139. The van der Waals surface area contributed by atoms with Crippen LogP contribution in [0.5, 0.6) is 0 Å². The molecule has 1 aliphatic heterocycles. The summed E-state index contributed by atoms with van der Waals surface area (Å²) >= 11 is 0. The van der Waals surface area contributed by atoms with Gasteiger partial charge in [-0.05, 0) is 48.6 Å². The molecule has 0 saturated heterocycles. The van der Waals surface area contributed by atoms with E-state index in [0.29, 0.717) is 30.0 Å². The van der Waals surface area contributed by atoms with Gasteiger partial charge in [-0.25, -0.2) is 9.38 Å². The zero-order valence-corrected chi connectivity index (χ0v) is 22.7. The number of halogens is 1. The second-order valence-corrected chi connectivity index (χ2v) is 10.8. The molecule has 2 heterocycles. The minimum atomic E-state index is -2.37. The number of carbonyl (C=O) groups is 2. The van der Waals surface area contributed by atoms with E-state index in [1.807, 2.05) is 13.0 Å². The SMILES string of the molecule is CCCC[C@H](O)[C@@H](CC1CC1)C(=O)C1(N)N=C(c2ccccc2F)c2ccccc2N(Cc2cccnc2)C1=O. The molecule has 0 radical (unpaired) electrons. The van der Waals surface area contributed by atoms with Crippen molar-refractivity contribution in [2.45, 2.75) is 63.8 Å². The third kappa shape index (κ3) is 5.60. The smallest absolute Gasteiger partial charge is 0.277 e. The van der Waals surface area contributed by atoms with E-state index in [-0.39, 0.29) is 17.8 Å². The van der Waals surface area contributed by atoms with Gasteiger partial charge in [0, 0.05) is 29.4 Å². The quantitative estimate of drug-likeness (QED) is 0.339. The van der Waals surface area contributed by atoms with Gasteiger partial charge >= 0.3 is 0 Å². The predicted molar refractivity (Wildman–Crippen MR) is 152 cm³/mol. The molecule has 208 valence electrons. The van der Waals surface area contributed by atoms with Crippen LogP contribution in [-0.4, -0.2) is 39.3 Å². The molecule has 7 nitrogen and oxygen atoms in total. The number of carbonyl (C=O) groups excluding carboxylic acids is 2. The first-order chi connectivity index (χ1) is 19.3. The van der Waals surface area contributed by atoms with E-state index < -0.39 is 35.2 Å². The summed E-state index contributed by atoms with van der Waals surface area (Å²) in [5, 5.41) is 11.2. The van der Waals surface area contributed by atoms with Crippen molar-refractivity contribution in [2.24, 2.45) is 22.6 Å². The van der Waals surface area contributed by atoms with Crippen molar-refractivity contribution in [3.63, 3.8) is 0 Å². The summed E-state index contributed by atoms with van der Waals surface area (Å²) in [5.74, 6) is -2.46. The third-order valence-corrected chi connectivity index (χ3v) is 7.82. The largest absolute Gasteiger partial charge is 0.392 e. The number of anilines is 1. The van der Waals surface area contributed by atoms with Gasteiger partial charge in [0.2, 0.25) is 5.66 Å². The summed E-state index contributed by atoms with van der Waals surface area (Å²) in [6.45, 7) is 2.10.